The molecule has 21 heavy (non-hydrogen) atoms. The van der Waals surface area contributed by atoms with Crippen LogP contribution in [0.4, 0.5) is 5.69 Å². The predicted molar refractivity (Wildman–Crippen MR) is 79.8 cm³/mol. The van der Waals surface area contributed by atoms with Crippen LogP contribution in [0.5, 0.6) is 0 Å². The summed E-state index contributed by atoms with van der Waals surface area (Å²) in [6.07, 6.45) is 3.36. The van der Waals surface area contributed by atoms with Crippen molar-refractivity contribution < 1.29 is 14.5 Å². The van der Waals surface area contributed by atoms with E-state index in [0.717, 1.165) is 5.56 Å². The van der Waals surface area contributed by atoms with Gasteiger partial charge in [0.25, 0.3) is 5.69 Å². The molecule has 0 unspecified atom stereocenters. The molecule has 0 spiro atoms. The van der Waals surface area contributed by atoms with Gasteiger partial charge in [0.2, 0.25) is 0 Å². The van der Waals surface area contributed by atoms with Gasteiger partial charge >= 0.3 is 5.97 Å². The van der Waals surface area contributed by atoms with Crippen LogP contribution in [0.2, 0.25) is 0 Å². The molecule has 5 nitrogen and oxygen atoms in total. The first-order chi connectivity index (χ1) is 10.1. The second-order valence-electron chi connectivity index (χ2n) is 4.27. The summed E-state index contributed by atoms with van der Waals surface area (Å²) in [5.74, 6) is -0.528. The van der Waals surface area contributed by atoms with Crippen molar-refractivity contribution in [3.05, 3.63) is 75.3 Å². The van der Waals surface area contributed by atoms with Crippen molar-refractivity contribution in [1.29, 1.82) is 0 Å². The predicted octanol–water partition coefficient (Wildman–Crippen LogP) is 3.55. The molecule has 5 heteroatoms. The Kier molecular flexibility index (Phi) is 4.46. The zero-order chi connectivity index (χ0) is 15.2. The Hall–Kier alpha value is -2.95. The van der Waals surface area contributed by atoms with Crippen LogP contribution < -0.4 is 0 Å². The van der Waals surface area contributed by atoms with Crippen molar-refractivity contribution in [3.63, 3.8) is 0 Å². The Labute approximate surface area is 121 Å². The largest absolute Gasteiger partial charge is 0.465 e. The van der Waals surface area contributed by atoms with Gasteiger partial charge < -0.3 is 4.74 Å². The molecule has 0 fully saturated rings. The number of rotatable bonds is 4. The average Bonchev–Trinajstić information content (AvgIpc) is 2.52. The van der Waals surface area contributed by atoms with Gasteiger partial charge in [-0.05, 0) is 23.8 Å². The zero-order valence-electron chi connectivity index (χ0n) is 11.4. The van der Waals surface area contributed by atoms with Crippen molar-refractivity contribution in [3.8, 4) is 0 Å². The fraction of sp³-hybridized carbons (Fsp3) is 0.0625. The first-order valence-electron chi connectivity index (χ1n) is 6.21. The zero-order valence-corrected chi connectivity index (χ0v) is 11.4. The Morgan fingerprint density at radius 3 is 2.48 bits per heavy atom. The molecule has 106 valence electrons. The maximum Gasteiger partial charge on any atom is 0.337 e. The number of carbonyl (C=O) groups excluding carboxylic acids is 1. The number of nitrogens with zero attached hydrogens (tertiary/aromatic N) is 1. The van der Waals surface area contributed by atoms with Crippen molar-refractivity contribution in [2.75, 3.05) is 7.11 Å². The van der Waals surface area contributed by atoms with Crippen LogP contribution in [0, 0.1) is 10.1 Å². The first-order valence-corrected chi connectivity index (χ1v) is 6.21. The highest BCUT2D eigenvalue weighted by atomic mass is 16.6. The highest BCUT2D eigenvalue weighted by Crippen LogP contribution is 2.23. The maximum absolute atomic E-state index is 11.5. The fourth-order valence-corrected chi connectivity index (χ4v) is 1.85. The summed E-state index contributed by atoms with van der Waals surface area (Å²) in [6.45, 7) is 0. The van der Waals surface area contributed by atoms with Gasteiger partial charge in [-0.3, -0.25) is 10.1 Å². The number of nitro groups is 1. The molecule has 2 rings (SSSR count). The van der Waals surface area contributed by atoms with E-state index in [0.29, 0.717) is 5.56 Å². The monoisotopic (exact) mass is 283 g/mol. The molecule has 0 N–H and O–H groups in total. The second kappa shape index (κ2) is 6.47. The molecule has 0 atom stereocenters. The SMILES string of the molecule is COC(=O)c1ccc([N+](=O)[O-])c(/C=C/c2ccccc2)c1. The molecule has 0 aliphatic rings. The smallest absolute Gasteiger partial charge is 0.337 e. The second-order valence-corrected chi connectivity index (χ2v) is 4.27. The van der Waals surface area contributed by atoms with E-state index in [2.05, 4.69) is 4.74 Å². The van der Waals surface area contributed by atoms with Gasteiger partial charge in [0, 0.05) is 6.07 Å². The molecule has 0 aliphatic carbocycles. The molecule has 0 saturated heterocycles. The van der Waals surface area contributed by atoms with E-state index in [1.54, 1.807) is 12.2 Å². The summed E-state index contributed by atoms with van der Waals surface area (Å²) in [6, 6.07) is 13.5. The van der Waals surface area contributed by atoms with Crippen LogP contribution in [-0.4, -0.2) is 18.0 Å². The third-order valence-corrected chi connectivity index (χ3v) is 2.90. The summed E-state index contributed by atoms with van der Waals surface area (Å²) in [5, 5.41) is 11.0. The molecule has 2 aromatic rings. The average molecular weight is 283 g/mol. The molecule has 0 saturated carbocycles. The molecule has 0 amide bonds. The third-order valence-electron chi connectivity index (χ3n) is 2.90. The Morgan fingerprint density at radius 2 is 1.86 bits per heavy atom. The lowest BCUT2D eigenvalue weighted by molar-refractivity contribution is -0.385. The summed E-state index contributed by atoms with van der Waals surface area (Å²) < 4.78 is 4.62. The lowest BCUT2D eigenvalue weighted by Gasteiger charge is -2.02. The number of hydrogen-bond acceptors (Lipinski definition) is 4. The van der Waals surface area contributed by atoms with E-state index in [-0.39, 0.29) is 11.3 Å². The normalized spacial score (nSPS) is 10.5. The number of ether oxygens (including phenoxy) is 1. The lowest BCUT2D eigenvalue weighted by Crippen LogP contribution is -2.02. The summed E-state index contributed by atoms with van der Waals surface area (Å²) >= 11 is 0. The van der Waals surface area contributed by atoms with Crippen molar-refractivity contribution in [2.45, 2.75) is 0 Å². The van der Waals surface area contributed by atoms with Gasteiger partial charge in [0.05, 0.1) is 23.2 Å². The number of methoxy groups -OCH3 is 1. The Balaban J connectivity index is 2.41. The number of carbonyl (C=O) groups is 1. The van der Waals surface area contributed by atoms with Crippen LogP contribution in [0.1, 0.15) is 21.5 Å². The maximum atomic E-state index is 11.5. The van der Waals surface area contributed by atoms with Crippen LogP contribution in [0.25, 0.3) is 12.2 Å². The Morgan fingerprint density at radius 1 is 1.14 bits per heavy atom. The van der Waals surface area contributed by atoms with Gasteiger partial charge in [-0.2, -0.15) is 0 Å². The number of nitro benzene ring substituents is 1. The lowest BCUT2D eigenvalue weighted by atomic mass is 10.1. The van der Waals surface area contributed by atoms with Crippen molar-refractivity contribution in [1.82, 2.24) is 0 Å². The molecule has 0 aromatic heterocycles. The van der Waals surface area contributed by atoms with Gasteiger partial charge in [0.15, 0.2) is 0 Å². The Bertz CT molecular complexity index is 693. The summed E-state index contributed by atoms with van der Waals surface area (Å²) in [7, 11) is 1.27. The van der Waals surface area contributed by atoms with Gasteiger partial charge in [-0.1, -0.05) is 36.4 Å². The molecular formula is C16H13NO4. The first kappa shape index (κ1) is 14.5. The minimum Gasteiger partial charge on any atom is -0.465 e. The highest BCUT2D eigenvalue weighted by molar-refractivity contribution is 5.91. The number of hydrogen-bond donors (Lipinski definition) is 0. The van der Waals surface area contributed by atoms with Crippen LogP contribution in [0.15, 0.2) is 48.5 Å². The fourth-order valence-electron chi connectivity index (χ4n) is 1.85. The van der Waals surface area contributed by atoms with E-state index in [1.165, 1.54) is 25.3 Å². The quantitative estimate of drug-likeness (QED) is 0.372. The third kappa shape index (κ3) is 3.54. The number of esters is 1. The van der Waals surface area contributed by atoms with Gasteiger partial charge in [0.1, 0.15) is 0 Å². The molecule has 0 radical (unpaired) electrons. The molecule has 0 aliphatic heterocycles. The van der Waals surface area contributed by atoms with Crippen LogP contribution in [0.3, 0.4) is 0 Å². The molecular weight excluding hydrogens is 270 g/mol. The van der Waals surface area contributed by atoms with Crippen molar-refractivity contribution in [2.24, 2.45) is 0 Å². The molecule has 0 bridgehead atoms. The van der Waals surface area contributed by atoms with E-state index >= 15 is 0 Å². The van der Waals surface area contributed by atoms with Gasteiger partial charge in [-0.15, -0.1) is 0 Å². The van der Waals surface area contributed by atoms with E-state index in [9.17, 15) is 14.9 Å². The van der Waals surface area contributed by atoms with Crippen LogP contribution in [-0.2, 0) is 4.74 Å². The minimum absolute atomic E-state index is 0.0603. The van der Waals surface area contributed by atoms with E-state index in [1.807, 2.05) is 30.3 Å². The molecule has 0 heterocycles. The highest BCUT2D eigenvalue weighted by Gasteiger charge is 2.15. The molecule has 2 aromatic carbocycles. The standard InChI is InChI=1S/C16H13NO4/c1-21-16(18)14-9-10-15(17(19)20)13(11-14)8-7-12-5-3-2-4-6-12/h2-11H,1H3/b8-7+. The summed E-state index contributed by atoms with van der Waals surface area (Å²) in [4.78, 5) is 22.1. The minimum atomic E-state index is -0.528. The van der Waals surface area contributed by atoms with E-state index < -0.39 is 10.9 Å². The van der Waals surface area contributed by atoms with Crippen molar-refractivity contribution >= 4 is 23.8 Å². The topological polar surface area (TPSA) is 69.4 Å². The summed E-state index contributed by atoms with van der Waals surface area (Å²) in [5.41, 5.74) is 1.48. The van der Waals surface area contributed by atoms with Crippen LogP contribution >= 0.6 is 0 Å². The van der Waals surface area contributed by atoms with E-state index in [4.69, 9.17) is 0 Å². The number of benzene rings is 2. The van der Waals surface area contributed by atoms with Gasteiger partial charge in [-0.25, -0.2) is 4.79 Å².